The van der Waals surface area contributed by atoms with Gasteiger partial charge in [0, 0.05) is 0 Å². The van der Waals surface area contributed by atoms with E-state index in [4.69, 9.17) is 9.47 Å². The number of ketones is 1. The van der Waals surface area contributed by atoms with E-state index in [1.165, 1.54) is 18.2 Å². The summed E-state index contributed by atoms with van der Waals surface area (Å²) in [4.78, 5) is 23.2. The second-order valence-corrected chi connectivity index (χ2v) is 4.24. The number of aromatic hydroxyl groups is 1. The Morgan fingerprint density at radius 3 is 2.53 bits per heavy atom. The van der Waals surface area contributed by atoms with E-state index in [1.807, 2.05) is 13.8 Å². The van der Waals surface area contributed by atoms with E-state index < -0.39 is 5.97 Å². The van der Waals surface area contributed by atoms with Crippen LogP contribution in [0.3, 0.4) is 0 Å². The summed E-state index contributed by atoms with van der Waals surface area (Å²) in [5.41, 5.74) is 0.342. The van der Waals surface area contributed by atoms with E-state index >= 15 is 0 Å². The molecule has 0 saturated carbocycles. The average Bonchev–Trinajstić information content (AvgIpc) is 2.36. The fourth-order valence-corrected chi connectivity index (χ4v) is 1.43. The highest BCUT2D eigenvalue weighted by atomic mass is 16.5. The molecule has 0 fully saturated rings. The molecule has 104 valence electrons. The van der Waals surface area contributed by atoms with Crippen LogP contribution in [0, 0.1) is 0 Å². The summed E-state index contributed by atoms with van der Waals surface area (Å²) in [6.45, 7) is 5.47. The predicted octanol–water partition coefficient (Wildman–Crippen LogP) is 2.18. The summed E-state index contributed by atoms with van der Waals surface area (Å²) in [7, 11) is 0. The SMILES string of the molecule is CCOC(=O)c1ccc(C(=O)COC(C)C)c(O)c1. The molecule has 0 spiro atoms. The molecule has 19 heavy (non-hydrogen) atoms. The van der Waals surface area contributed by atoms with Crippen LogP contribution in [-0.4, -0.2) is 36.2 Å². The maximum Gasteiger partial charge on any atom is 0.338 e. The maximum absolute atomic E-state index is 11.8. The minimum Gasteiger partial charge on any atom is -0.507 e. The lowest BCUT2D eigenvalue weighted by molar-refractivity contribution is 0.0524. The van der Waals surface area contributed by atoms with E-state index in [9.17, 15) is 14.7 Å². The molecule has 0 amide bonds. The topological polar surface area (TPSA) is 72.8 Å². The third-order valence-corrected chi connectivity index (χ3v) is 2.36. The molecule has 0 heterocycles. The Morgan fingerprint density at radius 2 is 2.00 bits per heavy atom. The van der Waals surface area contributed by atoms with Gasteiger partial charge < -0.3 is 14.6 Å². The van der Waals surface area contributed by atoms with Gasteiger partial charge in [0.05, 0.1) is 23.8 Å². The number of hydrogen-bond acceptors (Lipinski definition) is 5. The molecule has 1 rings (SSSR count). The van der Waals surface area contributed by atoms with Gasteiger partial charge in [-0.2, -0.15) is 0 Å². The molecule has 0 radical (unpaired) electrons. The predicted molar refractivity (Wildman–Crippen MR) is 69.5 cm³/mol. The highest BCUT2D eigenvalue weighted by Gasteiger charge is 2.15. The fraction of sp³-hybridized carbons (Fsp3) is 0.429. The van der Waals surface area contributed by atoms with Gasteiger partial charge in [0.1, 0.15) is 12.4 Å². The Bertz CT molecular complexity index is 465. The monoisotopic (exact) mass is 266 g/mol. The Morgan fingerprint density at radius 1 is 1.32 bits per heavy atom. The van der Waals surface area contributed by atoms with Crippen molar-refractivity contribution < 1.29 is 24.2 Å². The van der Waals surface area contributed by atoms with Crippen LogP contribution in [0.4, 0.5) is 0 Å². The molecule has 0 bridgehead atoms. The van der Waals surface area contributed by atoms with E-state index in [-0.39, 0.29) is 42.0 Å². The number of carbonyl (C=O) groups excluding carboxylic acids is 2. The second-order valence-electron chi connectivity index (χ2n) is 4.24. The lowest BCUT2D eigenvalue weighted by atomic mass is 10.1. The molecule has 0 saturated heterocycles. The van der Waals surface area contributed by atoms with Gasteiger partial charge in [-0.25, -0.2) is 4.79 Å². The number of ether oxygens (including phenoxy) is 2. The molecule has 0 aliphatic heterocycles. The molecule has 1 N–H and O–H groups in total. The maximum atomic E-state index is 11.8. The lowest BCUT2D eigenvalue weighted by Crippen LogP contribution is -2.14. The molecule has 0 aromatic heterocycles. The normalized spacial score (nSPS) is 10.5. The molecular formula is C14H18O5. The Balaban J connectivity index is 2.82. The minimum absolute atomic E-state index is 0.0649. The van der Waals surface area contributed by atoms with E-state index in [0.29, 0.717) is 0 Å². The second kappa shape index (κ2) is 6.89. The van der Waals surface area contributed by atoms with Gasteiger partial charge in [-0.3, -0.25) is 4.79 Å². The van der Waals surface area contributed by atoms with Crippen LogP contribution in [0.2, 0.25) is 0 Å². The van der Waals surface area contributed by atoms with Crippen molar-refractivity contribution >= 4 is 11.8 Å². The number of carbonyl (C=O) groups is 2. The van der Waals surface area contributed by atoms with E-state index in [1.54, 1.807) is 6.92 Å². The summed E-state index contributed by atoms with van der Waals surface area (Å²) >= 11 is 0. The van der Waals surface area contributed by atoms with Gasteiger partial charge in [0.2, 0.25) is 0 Å². The Hall–Kier alpha value is -1.88. The van der Waals surface area contributed by atoms with Crippen molar-refractivity contribution in [2.75, 3.05) is 13.2 Å². The van der Waals surface area contributed by atoms with Crippen LogP contribution in [0.25, 0.3) is 0 Å². The van der Waals surface area contributed by atoms with Crippen molar-refractivity contribution in [2.24, 2.45) is 0 Å². The molecule has 0 aliphatic rings. The first-order valence-corrected chi connectivity index (χ1v) is 6.10. The zero-order valence-electron chi connectivity index (χ0n) is 11.3. The zero-order chi connectivity index (χ0) is 14.4. The summed E-state index contributed by atoms with van der Waals surface area (Å²) in [6.07, 6.45) is -0.0649. The van der Waals surface area contributed by atoms with Crippen LogP contribution in [0.1, 0.15) is 41.5 Å². The van der Waals surface area contributed by atoms with E-state index in [0.717, 1.165) is 0 Å². The van der Waals surface area contributed by atoms with Gasteiger partial charge in [0.25, 0.3) is 0 Å². The number of esters is 1. The zero-order valence-corrected chi connectivity index (χ0v) is 11.3. The fourth-order valence-electron chi connectivity index (χ4n) is 1.43. The molecule has 1 aromatic carbocycles. The third kappa shape index (κ3) is 4.37. The van der Waals surface area contributed by atoms with Gasteiger partial charge in [-0.1, -0.05) is 0 Å². The summed E-state index contributed by atoms with van der Waals surface area (Å²) < 4.78 is 9.98. The first-order valence-electron chi connectivity index (χ1n) is 6.10. The number of benzene rings is 1. The lowest BCUT2D eigenvalue weighted by Gasteiger charge is -2.09. The number of Topliss-reactive ketones (excluding diaryl/α,β-unsaturated/α-hetero) is 1. The smallest absolute Gasteiger partial charge is 0.338 e. The molecular weight excluding hydrogens is 248 g/mol. The van der Waals surface area contributed by atoms with Crippen LogP contribution in [-0.2, 0) is 9.47 Å². The average molecular weight is 266 g/mol. The van der Waals surface area contributed by atoms with Crippen LogP contribution < -0.4 is 0 Å². The van der Waals surface area contributed by atoms with Gasteiger partial charge in [0.15, 0.2) is 5.78 Å². The van der Waals surface area contributed by atoms with Gasteiger partial charge in [-0.15, -0.1) is 0 Å². The summed E-state index contributed by atoms with van der Waals surface area (Å²) in [5, 5.41) is 9.76. The first kappa shape index (κ1) is 15.2. The first-order chi connectivity index (χ1) is 8.95. The van der Waals surface area contributed by atoms with Gasteiger partial charge >= 0.3 is 5.97 Å². The quantitative estimate of drug-likeness (QED) is 0.631. The molecule has 5 heteroatoms. The third-order valence-electron chi connectivity index (χ3n) is 2.36. The summed E-state index contributed by atoms with van der Waals surface area (Å²) in [6, 6.07) is 4.06. The Kier molecular flexibility index (Phi) is 5.51. The minimum atomic E-state index is -0.532. The van der Waals surface area contributed by atoms with Crippen LogP contribution >= 0.6 is 0 Å². The number of phenolic OH excluding ortho intramolecular Hbond substituents is 1. The van der Waals surface area contributed by atoms with Gasteiger partial charge in [-0.05, 0) is 39.0 Å². The number of phenols is 1. The van der Waals surface area contributed by atoms with Crippen molar-refractivity contribution in [1.29, 1.82) is 0 Å². The number of hydrogen-bond donors (Lipinski definition) is 1. The molecule has 5 nitrogen and oxygen atoms in total. The highest BCUT2D eigenvalue weighted by molar-refractivity contribution is 6.01. The summed E-state index contributed by atoms with van der Waals surface area (Å²) in [5.74, 6) is -1.11. The van der Waals surface area contributed by atoms with Crippen LogP contribution in [0.15, 0.2) is 18.2 Å². The molecule has 1 aromatic rings. The molecule has 0 atom stereocenters. The largest absolute Gasteiger partial charge is 0.507 e. The van der Waals surface area contributed by atoms with Crippen molar-refractivity contribution in [3.8, 4) is 5.75 Å². The van der Waals surface area contributed by atoms with Crippen molar-refractivity contribution in [3.63, 3.8) is 0 Å². The molecule has 0 aliphatic carbocycles. The Labute approximate surface area is 112 Å². The van der Waals surface area contributed by atoms with Crippen molar-refractivity contribution in [3.05, 3.63) is 29.3 Å². The standard InChI is InChI=1S/C14H18O5/c1-4-18-14(17)10-5-6-11(12(15)7-10)13(16)8-19-9(2)3/h5-7,9,15H,4,8H2,1-3H3. The van der Waals surface area contributed by atoms with Crippen LogP contribution in [0.5, 0.6) is 5.75 Å². The highest BCUT2D eigenvalue weighted by Crippen LogP contribution is 2.20. The molecule has 0 unspecified atom stereocenters. The van der Waals surface area contributed by atoms with E-state index in [2.05, 4.69) is 0 Å². The van der Waals surface area contributed by atoms with Crippen molar-refractivity contribution in [2.45, 2.75) is 26.9 Å². The van der Waals surface area contributed by atoms with Crippen molar-refractivity contribution in [1.82, 2.24) is 0 Å². The number of rotatable bonds is 6.